The van der Waals surface area contributed by atoms with Gasteiger partial charge >= 0.3 is 0 Å². The number of aromatic nitrogens is 4. The zero-order valence-corrected chi connectivity index (χ0v) is 47.5. The molecule has 6 nitrogen and oxygen atoms in total. The Hall–Kier alpha value is -11.9. The van der Waals surface area contributed by atoms with Gasteiger partial charge in [-0.05, 0) is 186 Å². The highest BCUT2D eigenvalue weighted by Gasteiger charge is 2.18. The maximum Gasteiger partial charge on any atom is 0.227 e. The van der Waals surface area contributed by atoms with Gasteiger partial charge in [0.1, 0.15) is 11.0 Å². The molecule has 0 N–H and O–H groups in total. The van der Waals surface area contributed by atoms with Gasteiger partial charge in [0.05, 0.1) is 22.1 Å². The van der Waals surface area contributed by atoms with Crippen LogP contribution in [0, 0.1) is 0 Å². The molecule has 88 heavy (non-hydrogen) atoms. The third-order valence-corrected chi connectivity index (χ3v) is 17.8. The highest BCUT2D eigenvalue weighted by Crippen LogP contribution is 2.41. The van der Waals surface area contributed by atoms with Gasteiger partial charge < -0.3 is 18.0 Å². The van der Waals surface area contributed by atoms with Crippen molar-refractivity contribution in [2.45, 2.75) is 0 Å². The van der Waals surface area contributed by atoms with Crippen molar-refractivity contribution in [3.05, 3.63) is 303 Å². The van der Waals surface area contributed by atoms with Crippen molar-refractivity contribution < 1.29 is 8.83 Å². The fourth-order valence-electron chi connectivity index (χ4n) is 13.5. The van der Waals surface area contributed by atoms with E-state index < -0.39 is 0 Å². The van der Waals surface area contributed by atoms with Gasteiger partial charge in [0.25, 0.3) is 0 Å². The van der Waals surface area contributed by atoms with Crippen LogP contribution in [0.1, 0.15) is 0 Å². The van der Waals surface area contributed by atoms with Crippen molar-refractivity contribution in [3.8, 4) is 89.9 Å². The fraction of sp³-hybridized carbons (Fsp3) is 0. The monoisotopic (exact) mass is 1120 g/mol. The summed E-state index contributed by atoms with van der Waals surface area (Å²) in [4.78, 5) is 9.81. The quantitative estimate of drug-likeness (QED) is 0.144. The fourth-order valence-corrected chi connectivity index (χ4v) is 13.5. The Morgan fingerprint density at radius 3 is 1.15 bits per heavy atom. The van der Waals surface area contributed by atoms with E-state index in [1.54, 1.807) is 0 Å². The molecule has 0 aliphatic heterocycles. The average molecular weight is 1120 g/mol. The molecule has 18 rings (SSSR count). The zero-order valence-electron chi connectivity index (χ0n) is 47.5. The van der Waals surface area contributed by atoms with Gasteiger partial charge in [0.2, 0.25) is 11.8 Å². The van der Waals surface area contributed by atoms with Crippen LogP contribution in [0.2, 0.25) is 0 Å². The first-order valence-electron chi connectivity index (χ1n) is 29.8. The molecule has 0 saturated heterocycles. The second-order valence-corrected chi connectivity index (χ2v) is 22.9. The summed E-state index contributed by atoms with van der Waals surface area (Å²) in [5.41, 5.74) is 23.4. The third-order valence-electron chi connectivity index (χ3n) is 17.8. The Kier molecular flexibility index (Phi) is 11.2. The first-order valence-corrected chi connectivity index (χ1v) is 29.8. The van der Waals surface area contributed by atoms with Crippen LogP contribution < -0.4 is 0 Å². The van der Waals surface area contributed by atoms with Gasteiger partial charge in [-0.3, -0.25) is 0 Å². The molecule has 0 bridgehead atoms. The molecule has 18 aromatic rings. The van der Waals surface area contributed by atoms with Gasteiger partial charge in [-0.15, -0.1) is 0 Å². The predicted molar refractivity (Wildman–Crippen MR) is 363 cm³/mol. The van der Waals surface area contributed by atoms with E-state index in [0.29, 0.717) is 11.8 Å². The SMILES string of the molecule is c1ccc2c(-c3ccc4nc(-c5ccc(-c6ccc(-n7c8ccccc8c8cc(-c9cccc%10cc(-c%11ccc%12nc(-c%13ccc(-c%14ccc(-n%15c%16ccccc%16c%16ccccc%16%15)cc%14)cc%13)oc%12c%11)ccc9%10)ccc87)cc6)cc5)oc4c3)cccc2c1. The molecule has 0 amide bonds. The normalized spacial score (nSPS) is 11.9. The largest absolute Gasteiger partial charge is 0.436 e. The van der Waals surface area contributed by atoms with E-state index in [1.165, 1.54) is 76.3 Å². The number of oxazole rings is 2. The number of fused-ring (bicyclic) bond motifs is 10. The van der Waals surface area contributed by atoms with E-state index >= 15 is 0 Å². The molecule has 0 radical (unpaired) electrons. The molecular formula is C82H50N4O2. The van der Waals surface area contributed by atoms with Crippen LogP contribution >= 0.6 is 0 Å². The zero-order chi connectivity index (χ0) is 57.8. The van der Waals surface area contributed by atoms with Crippen molar-refractivity contribution in [1.82, 2.24) is 19.1 Å². The van der Waals surface area contributed by atoms with Gasteiger partial charge in [0, 0.05) is 44.0 Å². The van der Waals surface area contributed by atoms with Crippen LogP contribution in [0.25, 0.3) is 177 Å². The molecule has 4 heterocycles. The summed E-state index contributed by atoms with van der Waals surface area (Å²) in [5, 5.41) is 9.75. The highest BCUT2D eigenvalue weighted by molar-refractivity contribution is 6.12. The van der Waals surface area contributed by atoms with Crippen molar-refractivity contribution in [3.63, 3.8) is 0 Å². The van der Waals surface area contributed by atoms with Gasteiger partial charge in [0.15, 0.2) is 11.2 Å². The smallest absolute Gasteiger partial charge is 0.227 e. The number of hydrogen-bond acceptors (Lipinski definition) is 4. The van der Waals surface area contributed by atoms with E-state index in [0.717, 1.165) is 89.2 Å². The lowest BCUT2D eigenvalue weighted by molar-refractivity contribution is 0.619. The van der Waals surface area contributed by atoms with Gasteiger partial charge in [-0.2, -0.15) is 0 Å². The maximum absolute atomic E-state index is 6.49. The molecule has 410 valence electrons. The Balaban J connectivity index is 0.587. The Bertz CT molecular complexity index is 5730. The topological polar surface area (TPSA) is 61.9 Å². The average Bonchev–Trinajstić information content (AvgIpc) is 1.90. The lowest BCUT2D eigenvalue weighted by Crippen LogP contribution is -1.93. The van der Waals surface area contributed by atoms with Crippen molar-refractivity contribution in [2.75, 3.05) is 0 Å². The molecule has 14 aromatic carbocycles. The molecule has 0 unspecified atom stereocenters. The summed E-state index contributed by atoms with van der Waals surface area (Å²) in [6.07, 6.45) is 0. The van der Waals surface area contributed by atoms with Gasteiger partial charge in [-0.1, -0.05) is 194 Å². The summed E-state index contributed by atoms with van der Waals surface area (Å²) in [6, 6.07) is 109. The van der Waals surface area contributed by atoms with E-state index in [1.807, 2.05) is 0 Å². The summed E-state index contributed by atoms with van der Waals surface area (Å²) >= 11 is 0. The van der Waals surface area contributed by atoms with Crippen LogP contribution in [-0.4, -0.2) is 19.1 Å². The van der Waals surface area contributed by atoms with Crippen molar-refractivity contribution >= 4 is 87.4 Å². The van der Waals surface area contributed by atoms with E-state index in [9.17, 15) is 0 Å². The second kappa shape index (κ2) is 19.9. The molecule has 4 aromatic heterocycles. The Morgan fingerprint density at radius 1 is 0.227 bits per heavy atom. The molecule has 0 saturated carbocycles. The minimum absolute atomic E-state index is 0.603. The maximum atomic E-state index is 6.49. The summed E-state index contributed by atoms with van der Waals surface area (Å²) < 4.78 is 17.6. The molecule has 0 aliphatic rings. The predicted octanol–water partition coefficient (Wildman–Crippen LogP) is 22.1. The molecule has 0 spiro atoms. The number of benzene rings is 14. The lowest BCUT2D eigenvalue weighted by Gasteiger charge is -2.11. The first-order chi connectivity index (χ1) is 43.6. The minimum atomic E-state index is 0.603. The molecular weight excluding hydrogens is 1070 g/mol. The third kappa shape index (κ3) is 8.18. The number of para-hydroxylation sites is 3. The van der Waals surface area contributed by atoms with E-state index in [-0.39, 0.29) is 0 Å². The Labute approximate surface area is 505 Å². The molecule has 0 atom stereocenters. The number of rotatable bonds is 9. The minimum Gasteiger partial charge on any atom is -0.436 e. The summed E-state index contributed by atoms with van der Waals surface area (Å²) in [6.45, 7) is 0. The van der Waals surface area contributed by atoms with Crippen LogP contribution in [0.3, 0.4) is 0 Å². The van der Waals surface area contributed by atoms with Crippen LogP contribution in [0.5, 0.6) is 0 Å². The van der Waals surface area contributed by atoms with Crippen LogP contribution in [0.15, 0.2) is 312 Å². The van der Waals surface area contributed by atoms with Crippen molar-refractivity contribution in [1.29, 1.82) is 0 Å². The second-order valence-electron chi connectivity index (χ2n) is 22.9. The molecule has 6 heteroatoms. The molecule has 0 aliphatic carbocycles. The van der Waals surface area contributed by atoms with E-state index in [4.69, 9.17) is 18.8 Å². The summed E-state index contributed by atoms with van der Waals surface area (Å²) in [7, 11) is 0. The highest BCUT2D eigenvalue weighted by atomic mass is 16.4. The summed E-state index contributed by atoms with van der Waals surface area (Å²) in [5.74, 6) is 1.21. The van der Waals surface area contributed by atoms with Crippen LogP contribution in [0.4, 0.5) is 0 Å². The standard InChI is InChI=1S/C82H50N4O2/c1-2-14-65-55(11-1)12-9-18-67(65)62-37-45-74-80(50-62)88-82(84-74)57-29-25-52(26-30-57)54-33-41-64(42-34-54)86-77-22-8-5-17-71(77)72-48-61(38-46-78(72)86)66-19-10-13-60-47-58(35-43-68(60)66)59-36-44-73-79(49-59)87-81(83-73)56-27-23-51(24-28-56)53-31-39-63(40-32-53)85-75-20-6-3-15-69(75)70-16-4-7-21-76(70)85/h1-50H. The number of nitrogens with zero attached hydrogens (tertiary/aromatic N) is 4. The molecule has 0 fully saturated rings. The van der Waals surface area contributed by atoms with Crippen molar-refractivity contribution in [2.24, 2.45) is 0 Å². The van der Waals surface area contributed by atoms with Gasteiger partial charge in [-0.25, -0.2) is 9.97 Å². The first kappa shape index (κ1) is 49.6. The Morgan fingerprint density at radius 2 is 0.591 bits per heavy atom. The number of hydrogen-bond donors (Lipinski definition) is 0. The van der Waals surface area contributed by atoms with E-state index in [2.05, 4.69) is 312 Å². The van der Waals surface area contributed by atoms with Crippen LogP contribution in [-0.2, 0) is 0 Å². The lowest BCUT2D eigenvalue weighted by atomic mass is 9.94.